The number of rotatable bonds is 6. The molecular formula is C32H54N6. The summed E-state index contributed by atoms with van der Waals surface area (Å²) < 4.78 is 0. The van der Waals surface area contributed by atoms with Gasteiger partial charge in [0.15, 0.2) is 0 Å². The molecule has 4 saturated carbocycles. The second-order valence-electron chi connectivity index (χ2n) is 13.2. The van der Waals surface area contributed by atoms with E-state index in [0.717, 1.165) is 53.3 Å². The molecule has 1 heterocycles. The van der Waals surface area contributed by atoms with Gasteiger partial charge in [-0.1, -0.05) is 93.9 Å². The van der Waals surface area contributed by atoms with E-state index in [1.807, 2.05) is 0 Å². The van der Waals surface area contributed by atoms with Crippen LogP contribution in [0.3, 0.4) is 0 Å². The monoisotopic (exact) mass is 522 g/mol. The van der Waals surface area contributed by atoms with Gasteiger partial charge in [0.2, 0.25) is 0 Å². The third kappa shape index (κ3) is 6.66. The first-order valence-corrected chi connectivity index (χ1v) is 16.0. The molecule has 6 aliphatic carbocycles. The largest absolute Gasteiger partial charge is 0.276 e. The number of likely N-dealkylation sites (N-methyl/N-ethyl adjacent to an activating group) is 1. The SMILES string of the molecule is CCCC1CC2C=CC1C2.CCCC1CC2C=CC1C2.CCCC1CC2CC1C1N=NN(C)C21.CN=[N+]=[N-]. The molecule has 7 rings (SSSR count). The summed E-state index contributed by atoms with van der Waals surface area (Å²) in [5.74, 6) is 8.72. The van der Waals surface area contributed by atoms with E-state index < -0.39 is 0 Å². The molecule has 6 nitrogen and oxygen atoms in total. The van der Waals surface area contributed by atoms with Crippen LogP contribution < -0.4 is 0 Å². The lowest BCUT2D eigenvalue weighted by Gasteiger charge is -2.31. The molecule has 11 unspecified atom stereocenters. The van der Waals surface area contributed by atoms with Gasteiger partial charge in [0, 0.05) is 19.0 Å². The zero-order valence-corrected chi connectivity index (χ0v) is 24.8. The van der Waals surface area contributed by atoms with E-state index in [0.29, 0.717) is 12.1 Å². The lowest BCUT2D eigenvalue weighted by molar-refractivity contribution is 0.172. The molecule has 11 atom stereocenters. The maximum Gasteiger partial charge on any atom is 0.0983 e. The van der Waals surface area contributed by atoms with Crippen LogP contribution in [0.2, 0.25) is 0 Å². The van der Waals surface area contributed by atoms with Crippen LogP contribution in [0.4, 0.5) is 0 Å². The molecule has 0 aromatic heterocycles. The summed E-state index contributed by atoms with van der Waals surface area (Å²) in [5.41, 5.74) is 7.33. The standard InChI is InChI=1S/C11H19N3.2C10H16.CH3N3/c1-3-4-7-5-8-6-9(7)10-11(8)14(2)13-12-10;2*1-2-3-9-6-8-4-5-10(9)7-8;1-3-4-2/h7-11H,3-6H2,1-2H3;2*4-5,8-10H,2-3,6-7H2,1H3;1H3. The second-order valence-corrected chi connectivity index (χ2v) is 13.2. The summed E-state index contributed by atoms with van der Waals surface area (Å²) in [6, 6.07) is 1.21. The maximum atomic E-state index is 7.33. The molecular weight excluding hydrogens is 468 g/mol. The van der Waals surface area contributed by atoms with Crippen molar-refractivity contribution in [3.63, 3.8) is 0 Å². The Morgan fingerprint density at radius 2 is 1.32 bits per heavy atom. The van der Waals surface area contributed by atoms with Crippen molar-refractivity contribution < 1.29 is 0 Å². The Morgan fingerprint density at radius 3 is 1.74 bits per heavy atom. The lowest BCUT2D eigenvalue weighted by atomic mass is 9.80. The number of azide groups is 1. The van der Waals surface area contributed by atoms with Gasteiger partial charge in [-0.15, -0.1) is 0 Å². The summed E-state index contributed by atoms with van der Waals surface area (Å²) in [5, 5.41) is 13.7. The van der Waals surface area contributed by atoms with Crippen LogP contribution in [0.15, 0.2) is 39.8 Å². The number of hydrogen-bond donors (Lipinski definition) is 0. The average molecular weight is 523 g/mol. The molecule has 0 radical (unpaired) electrons. The maximum absolute atomic E-state index is 7.33. The van der Waals surface area contributed by atoms with E-state index in [9.17, 15) is 0 Å². The van der Waals surface area contributed by atoms with Crippen molar-refractivity contribution in [2.45, 2.75) is 110 Å². The normalized spacial score (nSPS) is 41.2. The molecule has 212 valence electrons. The van der Waals surface area contributed by atoms with Crippen LogP contribution in [0.25, 0.3) is 10.4 Å². The highest BCUT2D eigenvalue weighted by molar-refractivity contribution is 5.11. The van der Waals surface area contributed by atoms with Gasteiger partial charge < -0.3 is 0 Å². The fourth-order valence-electron chi connectivity index (χ4n) is 9.21. The molecule has 6 heteroatoms. The predicted octanol–water partition coefficient (Wildman–Crippen LogP) is 9.42. The summed E-state index contributed by atoms with van der Waals surface area (Å²) in [6.07, 6.45) is 27.0. The minimum atomic E-state index is 0.551. The van der Waals surface area contributed by atoms with Gasteiger partial charge in [-0.05, 0) is 97.3 Å². The molecule has 38 heavy (non-hydrogen) atoms. The Kier molecular flexibility index (Phi) is 10.8. The lowest BCUT2D eigenvalue weighted by Crippen LogP contribution is -2.40. The van der Waals surface area contributed by atoms with Crippen LogP contribution in [-0.2, 0) is 0 Å². The molecule has 6 bridgehead atoms. The Balaban J connectivity index is 0.000000126. The topological polar surface area (TPSA) is 76.7 Å². The number of fused-ring (bicyclic) bond motifs is 9. The molecule has 0 spiro atoms. The van der Waals surface area contributed by atoms with Crippen molar-refractivity contribution >= 4 is 0 Å². The quantitative estimate of drug-likeness (QED) is 0.148. The highest BCUT2D eigenvalue weighted by Crippen LogP contribution is 2.54. The van der Waals surface area contributed by atoms with E-state index in [-0.39, 0.29) is 0 Å². The highest BCUT2D eigenvalue weighted by atomic mass is 15.6. The molecule has 0 aromatic carbocycles. The van der Waals surface area contributed by atoms with Crippen LogP contribution >= 0.6 is 0 Å². The van der Waals surface area contributed by atoms with Crippen LogP contribution in [0, 0.1) is 53.3 Å². The van der Waals surface area contributed by atoms with E-state index in [2.05, 4.69) is 77.5 Å². The van der Waals surface area contributed by atoms with E-state index in [1.54, 1.807) is 0 Å². The average Bonchev–Trinajstić information content (AvgIpc) is 3.77. The summed E-state index contributed by atoms with van der Waals surface area (Å²) in [4.78, 5) is 2.36. The van der Waals surface area contributed by atoms with E-state index in [1.165, 1.54) is 84.1 Å². The number of allylic oxidation sites excluding steroid dienone is 4. The number of nitrogens with zero attached hydrogens (tertiary/aromatic N) is 6. The van der Waals surface area contributed by atoms with Crippen molar-refractivity contribution in [3.05, 3.63) is 34.7 Å². The Bertz CT molecular complexity index is 839. The highest BCUT2D eigenvalue weighted by Gasteiger charge is 2.56. The molecule has 0 aromatic rings. The van der Waals surface area contributed by atoms with Crippen molar-refractivity contribution in [2.75, 3.05) is 14.1 Å². The van der Waals surface area contributed by atoms with Gasteiger partial charge in [-0.2, -0.15) is 5.11 Å². The Hall–Kier alpha value is -1.81. The summed E-state index contributed by atoms with van der Waals surface area (Å²) >= 11 is 0. The Labute approximate surface area is 232 Å². The number of hydrogen-bond acceptors (Lipinski definition) is 4. The zero-order chi connectivity index (χ0) is 27.1. The summed E-state index contributed by atoms with van der Waals surface area (Å²) in [6.45, 7) is 6.90. The molecule has 0 N–H and O–H groups in total. The fourth-order valence-corrected chi connectivity index (χ4v) is 9.21. The molecule has 0 amide bonds. The van der Waals surface area contributed by atoms with Gasteiger partial charge in [0.25, 0.3) is 0 Å². The first-order chi connectivity index (χ1) is 18.5. The van der Waals surface area contributed by atoms with Crippen molar-refractivity contribution in [2.24, 2.45) is 68.7 Å². The van der Waals surface area contributed by atoms with Crippen molar-refractivity contribution in [3.8, 4) is 0 Å². The van der Waals surface area contributed by atoms with Crippen LogP contribution in [0.5, 0.6) is 0 Å². The van der Waals surface area contributed by atoms with Gasteiger partial charge in [0.1, 0.15) is 0 Å². The third-order valence-electron chi connectivity index (χ3n) is 10.7. The first kappa shape index (κ1) is 29.2. The van der Waals surface area contributed by atoms with Crippen molar-refractivity contribution in [1.29, 1.82) is 0 Å². The van der Waals surface area contributed by atoms with Crippen molar-refractivity contribution in [1.82, 2.24) is 5.01 Å². The molecule has 7 aliphatic rings. The molecule has 1 aliphatic heterocycles. The predicted molar refractivity (Wildman–Crippen MR) is 157 cm³/mol. The Morgan fingerprint density at radius 1 is 0.789 bits per heavy atom. The first-order valence-electron chi connectivity index (χ1n) is 16.0. The van der Waals surface area contributed by atoms with Gasteiger partial charge in [-0.3, -0.25) is 5.01 Å². The van der Waals surface area contributed by atoms with Crippen LogP contribution in [0.1, 0.15) is 97.8 Å². The van der Waals surface area contributed by atoms with Gasteiger partial charge in [0.05, 0.1) is 12.1 Å². The third-order valence-corrected chi connectivity index (χ3v) is 10.7. The second kappa shape index (κ2) is 14.0. The zero-order valence-electron chi connectivity index (χ0n) is 24.8. The van der Waals surface area contributed by atoms with E-state index in [4.69, 9.17) is 5.53 Å². The van der Waals surface area contributed by atoms with E-state index >= 15 is 0 Å². The summed E-state index contributed by atoms with van der Waals surface area (Å²) in [7, 11) is 3.48. The van der Waals surface area contributed by atoms with Gasteiger partial charge in [-0.25, -0.2) is 0 Å². The van der Waals surface area contributed by atoms with Crippen LogP contribution in [-0.4, -0.2) is 31.2 Å². The van der Waals surface area contributed by atoms with Gasteiger partial charge >= 0.3 is 0 Å². The molecule has 4 fully saturated rings. The minimum absolute atomic E-state index is 0.551. The minimum Gasteiger partial charge on any atom is -0.276 e. The smallest absolute Gasteiger partial charge is 0.0983 e. The fraction of sp³-hybridized carbons (Fsp3) is 0.875. The molecule has 0 saturated heterocycles.